The van der Waals surface area contributed by atoms with E-state index in [-0.39, 0.29) is 11.9 Å². The molecule has 110 valence electrons. The predicted octanol–water partition coefficient (Wildman–Crippen LogP) is 1.85. The highest BCUT2D eigenvalue weighted by molar-refractivity contribution is 5.21. The third-order valence-corrected chi connectivity index (χ3v) is 4.55. The summed E-state index contributed by atoms with van der Waals surface area (Å²) in [5, 5.41) is 0. The molecule has 1 aromatic rings. The van der Waals surface area contributed by atoms with Gasteiger partial charge in [0.15, 0.2) is 0 Å². The van der Waals surface area contributed by atoms with Crippen molar-refractivity contribution in [2.75, 3.05) is 39.3 Å². The number of nitrogens with zero attached hydrogens (tertiary/aromatic N) is 2. The van der Waals surface area contributed by atoms with Crippen LogP contribution in [-0.2, 0) is 0 Å². The lowest BCUT2D eigenvalue weighted by Gasteiger charge is -2.39. The van der Waals surface area contributed by atoms with Crippen molar-refractivity contribution in [3.8, 4) is 0 Å². The molecular formula is C16H24FN3. The minimum absolute atomic E-state index is 0.0132. The fourth-order valence-corrected chi connectivity index (χ4v) is 3.14. The largest absolute Gasteiger partial charge is 0.329 e. The highest BCUT2D eigenvalue weighted by Crippen LogP contribution is 2.30. The van der Waals surface area contributed by atoms with Gasteiger partial charge in [0.2, 0.25) is 0 Å². The Morgan fingerprint density at radius 2 is 1.85 bits per heavy atom. The molecule has 2 N–H and O–H groups in total. The molecule has 1 heterocycles. The maximum Gasteiger partial charge on any atom is 0.128 e. The smallest absolute Gasteiger partial charge is 0.128 e. The summed E-state index contributed by atoms with van der Waals surface area (Å²) in [6.45, 7) is 5.87. The quantitative estimate of drug-likeness (QED) is 0.891. The summed E-state index contributed by atoms with van der Waals surface area (Å²) in [5.41, 5.74) is 6.65. The Morgan fingerprint density at radius 3 is 2.45 bits per heavy atom. The van der Waals surface area contributed by atoms with Gasteiger partial charge in [-0.2, -0.15) is 0 Å². The number of nitrogens with two attached hydrogens (primary N) is 1. The number of benzene rings is 1. The maximum absolute atomic E-state index is 13.9. The van der Waals surface area contributed by atoms with Crippen LogP contribution in [0.4, 0.5) is 4.39 Å². The summed E-state index contributed by atoms with van der Waals surface area (Å²) in [4.78, 5) is 4.88. The molecule has 1 atom stereocenters. The van der Waals surface area contributed by atoms with E-state index in [0.717, 1.165) is 37.7 Å². The second kappa shape index (κ2) is 6.20. The van der Waals surface area contributed by atoms with Gasteiger partial charge in [-0.05, 0) is 24.8 Å². The van der Waals surface area contributed by atoms with E-state index in [0.29, 0.717) is 6.54 Å². The molecule has 3 nitrogen and oxygen atoms in total. The second-order valence-corrected chi connectivity index (χ2v) is 6.05. The lowest BCUT2D eigenvalue weighted by Crippen LogP contribution is -2.49. The number of hydrogen-bond donors (Lipinski definition) is 1. The summed E-state index contributed by atoms with van der Waals surface area (Å²) >= 11 is 0. The molecule has 2 fully saturated rings. The van der Waals surface area contributed by atoms with Gasteiger partial charge < -0.3 is 10.6 Å². The average molecular weight is 277 g/mol. The third kappa shape index (κ3) is 3.19. The van der Waals surface area contributed by atoms with Gasteiger partial charge >= 0.3 is 0 Å². The third-order valence-electron chi connectivity index (χ3n) is 4.55. The van der Waals surface area contributed by atoms with Crippen LogP contribution in [0.5, 0.6) is 0 Å². The molecule has 0 amide bonds. The first-order valence-electron chi connectivity index (χ1n) is 7.69. The van der Waals surface area contributed by atoms with Gasteiger partial charge in [0.25, 0.3) is 0 Å². The molecule has 1 aliphatic heterocycles. The van der Waals surface area contributed by atoms with Crippen LogP contribution in [0.3, 0.4) is 0 Å². The molecule has 0 radical (unpaired) electrons. The number of piperazine rings is 1. The predicted molar refractivity (Wildman–Crippen MR) is 78.9 cm³/mol. The Kier molecular flexibility index (Phi) is 4.34. The van der Waals surface area contributed by atoms with E-state index in [2.05, 4.69) is 9.80 Å². The minimum Gasteiger partial charge on any atom is -0.329 e. The highest BCUT2D eigenvalue weighted by atomic mass is 19.1. The van der Waals surface area contributed by atoms with Crippen molar-refractivity contribution in [3.05, 3.63) is 35.6 Å². The molecule has 1 aliphatic carbocycles. The Labute approximate surface area is 120 Å². The van der Waals surface area contributed by atoms with Gasteiger partial charge in [0.1, 0.15) is 5.82 Å². The van der Waals surface area contributed by atoms with E-state index in [9.17, 15) is 4.39 Å². The molecule has 20 heavy (non-hydrogen) atoms. The van der Waals surface area contributed by atoms with Crippen LogP contribution in [0.15, 0.2) is 24.3 Å². The van der Waals surface area contributed by atoms with Gasteiger partial charge in [-0.15, -0.1) is 0 Å². The van der Waals surface area contributed by atoms with Crippen molar-refractivity contribution in [1.29, 1.82) is 0 Å². The average Bonchev–Trinajstić information content (AvgIpc) is 3.27. The van der Waals surface area contributed by atoms with Crippen molar-refractivity contribution >= 4 is 0 Å². The topological polar surface area (TPSA) is 32.5 Å². The number of rotatable bonds is 5. The molecular weight excluding hydrogens is 253 g/mol. The van der Waals surface area contributed by atoms with Crippen LogP contribution < -0.4 is 5.73 Å². The molecule has 2 aliphatic rings. The van der Waals surface area contributed by atoms with Crippen molar-refractivity contribution in [2.45, 2.75) is 18.9 Å². The molecule has 0 aromatic heterocycles. The van der Waals surface area contributed by atoms with Crippen LogP contribution in [0.25, 0.3) is 0 Å². The Hall–Kier alpha value is -0.970. The zero-order chi connectivity index (χ0) is 13.9. The Morgan fingerprint density at radius 1 is 1.15 bits per heavy atom. The van der Waals surface area contributed by atoms with Gasteiger partial charge in [-0.25, -0.2) is 4.39 Å². The molecule has 1 saturated heterocycles. The molecule has 3 rings (SSSR count). The van der Waals surface area contributed by atoms with Crippen molar-refractivity contribution in [3.63, 3.8) is 0 Å². The van der Waals surface area contributed by atoms with Crippen LogP contribution >= 0.6 is 0 Å². The van der Waals surface area contributed by atoms with E-state index in [4.69, 9.17) is 5.73 Å². The number of halogens is 1. The first-order chi connectivity index (χ1) is 9.78. The summed E-state index contributed by atoms with van der Waals surface area (Å²) in [6.07, 6.45) is 2.81. The molecule has 0 bridgehead atoms. The summed E-state index contributed by atoms with van der Waals surface area (Å²) in [7, 11) is 0. The molecule has 1 unspecified atom stereocenters. The van der Waals surface area contributed by atoms with Gasteiger partial charge in [0, 0.05) is 44.8 Å². The lowest BCUT2D eigenvalue weighted by molar-refractivity contribution is 0.0942. The van der Waals surface area contributed by atoms with E-state index >= 15 is 0 Å². The van der Waals surface area contributed by atoms with Gasteiger partial charge in [-0.3, -0.25) is 4.90 Å². The first-order valence-corrected chi connectivity index (χ1v) is 7.69. The van der Waals surface area contributed by atoms with Crippen LogP contribution in [0, 0.1) is 11.7 Å². The summed E-state index contributed by atoms with van der Waals surface area (Å²) in [5.74, 6) is 0.807. The van der Waals surface area contributed by atoms with E-state index in [1.807, 2.05) is 12.1 Å². The van der Waals surface area contributed by atoms with Gasteiger partial charge in [0.05, 0.1) is 6.04 Å². The highest BCUT2D eigenvalue weighted by Gasteiger charge is 2.29. The fraction of sp³-hybridized carbons (Fsp3) is 0.625. The second-order valence-electron chi connectivity index (χ2n) is 6.05. The van der Waals surface area contributed by atoms with Crippen LogP contribution in [-0.4, -0.2) is 49.1 Å². The summed E-state index contributed by atoms with van der Waals surface area (Å²) < 4.78 is 13.9. The van der Waals surface area contributed by atoms with Crippen molar-refractivity contribution in [2.24, 2.45) is 11.7 Å². The maximum atomic E-state index is 13.9. The Bertz CT molecular complexity index is 439. The van der Waals surface area contributed by atoms with E-state index in [1.54, 1.807) is 6.07 Å². The first kappa shape index (κ1) is 14.0. The van der Waals surface area contributed by atoms with E-state index < -0.39 is 0 Å². The SMILES string of the molecule is NCC(c1ccccc1F)N1CCN(CC2CC2)CC1. The zero-order valence-electron chi connectivity index (χ0n) is 12.0. The number of hydrogen-bond acceptors (Lipinski definition) is 3. The van der Waals surface area contributed by atoms with Crippen molar-refractivity contribution in [1.82, 2.24) is 9.80 Å². The van der Waals surface area contributed by atoms with Crippen molar-refractivity contribution < 1.29 is 4.39 Å². The molecule has 1 saturated carbocycles. The van der Waals surface area contributed by atoms with E-state index in [1.165, 1.54) is 25.5 Å². The minimum atomic E-state index is -0.136. The normalized spacial score (nSPS) is 22.9. The van der Waals surface area contributed by atoms with Gasteiger partial charge in [-0.1, -0.05) is 18.2 Å². The lowest BCUT2D eigenvalue weighted by atomic mass is 10.0. The zero-order valence-corrected chi connectivity index (χ0v) is 12.0. The fourth-order valence-electron chi connectivity index (χ4n) is 3.14. The van der Waals surface area contributed by atoms with Crippen LogP contribution in [0.2, 0.25) is 0 Å². The summed E-state index contributed by atoms with van der Waals surface area (Å²) in [6, 6.07) is 7.04. The molecule has 1 aromatic carbocycles. The monoisotopic (exact) mass is 277 g/mol. The Balaban J connectivity index is 1.61. The van der Waals surface area contributed by atoms with Crippen LogP contribution in [0.1, 0.15) is 24.4 Å². The molecule has 0 spiro atoms. The molecule has 4 heteroatoms. The standard InChI is InChI=1S/C16H24FN3/c17-15-4-2-1-3-14(15)16(11-18)20-9-7-19(8-10-20)12-13-5-6-13/h1-4,13,16H,5-12,18H2.